The Hall–Kier alpha value is -1.60. The molecule has 1 unspecified atom stereocenters. The highest BCUT2D eigenvalue weighted by Crippen LogP contribution is 2.22. The van der Waals surface area contributed by atoms with E-state index in [0.717, 1.165) is 13.0 Å². The maximum Gasteiger partial charge on any atom is 0.00257 e. The molecule has 2 aromatic carbocycles. The molecule has 0 aromatic heterocycles. The second-order valence-corrected chi connectivity index (χ2v) is 6.36. The number of hydrogen-bond acceptors (Lipinski definition) is 1. The van der Waals surface area contributed by atoms with Crippen LogP contribution in [0.3, 0.4) is 0 Å². The average molecular weight is 281 g/mol. The SMILES string of the molecule is Cc1ccc(CC(CNC(C)C)c2cccc(C)c2)cc1. The second kappa shape index (κ2) is 7.42. The first-order chi connectivity index (χ1) is 10.0. The fraction of sp³-hybridized carbons (Fsp3) is 0.400. The number of aryl methyl sites for hydroxylation is 2. The summed E-state index contributed by atoms with van der Waals surface area (Å²) in [6, 6.07) is 18.4. The Bertz CT molecular complexity index is 554. The number of nitrogens with one attached hydrogen (secondary N) is 1. The largest absolute Gasteiger partial charge is 0.314 e. The van der Waals surface area contributed by atoms with Gasteiger partial charge in [-0.1, -0.05) is 73.5 Å². The molecule has 0 amide bonds. The molecule has 1 heteroatoms. The first kappa shape index (κ1) is 15.8. The molecule has 21 heavy (non-hydrogen) atoms. The van der Waals surface area contributed by atoms with Crippen molar-refractivity contribution < 1.29 is 0 Å². The summed E-state index contributed by atoms with van der Waals surface area (Å²) in [5, 5.41) is 3.60. The van der Waals surface area contributed by atoms with Gasteiger partial charge in [0.2, 0.25) is 0 Å². The Kier molecular flexibility index (Phi) is 5.58. The molecule has 0 saturated carbocycles. The molecule has 0 aliphatic carbocycles. The first-order valence-corrected chi connectivity index (χ1v) is 7.90. The fourth-order valence-corrected chi connectivity index (χ4v) is 2.62. The van der Waals surface area contributed by atoms with Gasteiger partial charge in [0, 0.05) is 18.5 Å². The predicted molar refractivity (Wildman–Crippen MR) is 91.9 cm³/mol. The summed E-state index contributed by atoms with van der Waals surface area (Å²) in [4.78, 5) is 0. The lowest BCUT2D eigenvalue weighted by Gasteiger charge is -2.20. The Morgan fingerprint density at radius 1 is 0.905 bits per heavy atom. The van der Waals surface area contributed by atoms with Gasteiger partial charge in [0.25, 0.3) is 0 Å². The maximum absolute atomic E-state index is 3.60. The zero-order valence-corrected chi connectivity index (χ0v) is 13.7. The lowest BCUT2D eigenvalue weighted by atomic mass is 9.90. The Morgan fingerprint density at radius 2 is 1.62 bits per heavy atom. The van der Waals surface area contributed by atoms with Crippen LogP contribution in [0, 0.1) is 13.8 Å². The molecule has 0 aliphatic rings. The van der Waals surface area contributed by atoms with Gasteiger partial charge < -0.3 is 5.32 Å². The quantitative estimate of drug-likeness (QED) is 0.814. The van der Waals surface area contributed by atoms with Crippen molar-refractivity contribution in [1.82, 2.24) is 5.32 Å². The van der Waals surface area contributed by atoms with Gasteiger partial charge in [-0.15, -0.1) is 0 Å². The van der Waals surface area contributed by atoms with Gasteiger partial charge in [0.1, 0.15) is 0 Å². The van der Waals surface area contributed by atoms with Crippen molar-refractivity contribution in [2.75, 3.05) is 6.54 Å². The van der Waals surface area contributed by atoms with Crippen LogP contribution in [0.1, 0.15) is 42.0 Å². The smallest absolute Gasteiger partial charge is 0.00257 e. The monoisotopic (exact) mass is 281 g/mol. The zero-order valence-electron chi connectivity index (χ0n) is 13.7. The molecule has 1 N–H and O–H groups in total. The molecule has 0 spiro atoms. The van der Waals surface area contributed by atoms with Gasteiger partial charge in [0.15, 0.2) is 0 Å². The summed E-state index contributed by atoms with van der Waals surface area (Å²) in [6.45, 7) is 9.75. The van der Waals surface area contributed by atoms with Gasteiger partial charge in [-0.05, 0) is 31.4 Å². The molecule has 2 aromatic rings. The van der Waals surface area contributed by atoms with E-state index in [1.54, 1.807) is 0 Å². The van der Waals surface area contributed by atoms with Crippen molar-refractivity contribution in [3.8, 4) is 0 Å². The third-order valence-corrected chi connectivity index (χ3v) is 3.89. The standard InChI is InChI=1S/C20H27N/c1-15(2)21-14-20(19-7-5-6-17(4)12-19)13-18-10-8-16(3)9-11-18/h5-12,15,20-21H,13-14H2,1-4H3. The highest BCUT2D eigenvalue weighted by Gasteiger charge is 2.13. The van der Waals surface area contributed by atoms with Crippen molar-refractivity contribution >= 4 is 0 Å². The van der Waals surface area contributed by atoms with Crippen molar-refractivity contribution in [2.45, 2.75) is 46.1 Å². The third-order valence-electron chi connectivity index (χ3n) is 3.89. The van der Waals surface area contributed by atoms with E-state index in [2.05, 4.69) is 81.5 Å². The second-order valence-electron chi connectivity index (χ2n) is 6.36. The van der Waals surface area contributed by atoms with Crippen LogP contribution in [0.5, 0.6) is 0 Å². The first-order valence-electron chi connectivity index (χ1n) is 7.90. The highest BCUT2D eigenvalue weighted by atomic mass is 14.9. The third kappa shape index (κ3) is 5.02. The molecule has 0 saturated heterocycles. The molecule has 0 aliphatic heterocycles. The van der Waals surface area contributed by atoms with E-state index >= 15 is 0 Å². The molecule has 0 heterocycles. The normalized spacial score (nSPS) is 12.6. The van der Waals surface area contributed by atoms with Crippen LogP contribution in [0.2, 0.25) is 0 Å². The lowest BCUT2D eigenvalue weighted by Crippen LogP contribution is -2.29. The number of benzene rings is 2. The minimum Gasteiger partial charge on any atom is -0.314 e. The summed E-state index contributed by atoms with van der Waals surface area (Å²) in [7, 11) is 0. The molecule has 0 bridgehead atoms. The summed E-state index contributed by atoms with van der Waals surface area (Å²) in [5.74, 6) is 0.523. The molecule has 0 radical (unpaired) electrons. The minimum absolute atomic E-state index is 0.523. The molecular formula is C20H27N. The summed E-state index contributed by atoms with van der Waals surface area (Å²) in [5.41, 5.74) is 5.51. The molecule has 2 rings (SSSR count). The van der Waals surface area contributed by atoms with Crippen LogP contribution in [-0.2, 0) is 6.42 Å². The molecule has 1 atom stereocenters. The van der Waals surface area contributed by atoms with Gasteiger partial charge in [-0.3, -0.25) is 0 Å². The van der Waals surface area contributed by atoms with Crippen LogP contribution >= 0.6 is 0 Å². The van der Waals surface area contributed by atoms with E-state index in [9.17, 15) is 0 Å². The summed E-state index contributed by atoms with van der Waals surface area (Å²) < 4.78 is 0. The predicted octanol–water partition coefficient (Wildman–Crippen LogP) is 4.63. The fourth-order valence-electron chi connectivity index (χ4n) is 2.62. The van der Waals surface area contributed by atoms with E-state index < -0.39 is 0 Å². The topological polar surface area (TPSA) is 12.0 Å². The van der Waals surface area contributed by atoms with E-state index in [1.165, 1.54) is 22.3 Å². The zero-order chi connectivity index (χ0) is 15.2. The highest BCUT2D eigenvalue weighted by molar-refractivity contribution is 5.29. The Morgan fingerprint density at radius 3 is 2.24 bits per heavy atom. The Balaban J connectivity index is 2.17. The van der Waals surface area contributed by atoms with E-state index in [0.29, 0.717) is 12.0 Å². The van der Waals surface area contributed by atoms with Crippen LogP contribution < -0.4 is 5.32 Å². The molecule has 0 fully saturated rings. The van der Waals surface area contributed by atoms with E-state index in [-0.39, 0.29) is 0 Å². The lowest BCUT2D eigenvalue weighted by molar-refractivity contribution is 0.526. The van der Waals surface area contributed by atoms with E-state index in [1.807, 2.05) is 0 Å². The van der Waals surface area contributed by atoms with Crippen molar-refractivity contribution in [1.29, 1.82) is 0 Å². The van der Waals surface area contributed by atoms with Gasteiger partial charge in [0.05, 0.1) is 0 Å². The van der Waals surface area contributed by atoms with Gasteiger partial charge in [-0.2, -0.15) is 0 Å². The molecule has 112 valence electrons. The van der Waals surface area contributed by atoms with Gasteiger partial charge >= 0.3 is 0 Å². The Labute approximate surface area is 129 Å². The minimum atomic E-state index is 0.523. The summed E-state index contributed by atoms with van der Waals surface area (Å²) in [6.07, 6.45) is 1.09. The van der Waals surface area contributed by atoms with Gasteiger partial charge in [-0.25, -0.2) is 0 Å². The van der Waals surface area contributed by atoms with Crippen molar-refractivity contribution in [3.63, 3.8) is 0 Å². The number of hydrogen-bond donors (Lipinski definition) is 1. The van der Waals surface area contributed by atoms with Crippen LogP contribution in [0.25, 0.3) is 0 Å². The number of rotatable bonds is 6. The molecule has 1 nitrogen and oxygen atoms in total. The maximum atomic E-state index is 3.60. The molecular weight excluding hydrogens is 254 g/mol. The van der Waals surface area contributed by atoms with Crippen molar-refractivity contribution in [3.05, 3.63) is 70.8 Å². The summed E-state index contributed by atoms with van der Waals surface area (Å²) >= 11 is 0. The average Bonchev–Trinajstić information content (AvgIpc) is 2.45. The van der Waals surface area contributed by atoms with Crippen molar-refractivity contribution in [2.24, 2.45) is 0 Å². The van der Waals surface area contributed by atoms with E-state index in [4.69, 9.17) is 0 Å². The van der Waals surface area contributed by atoms with Crippen LogP contribution in [-0.4, -0.2) is 12.6 Å². The van der Waals surface area contributed by atoms with Crippen LogP contribution in [0.4, 0.5) is 0 Å². The van der Waals surface area contributed by atoms with Crippen LogP contribution in [0.15, 0.2) is 48.5 Å².